The maximum Gasteiger partial charge on any atom is 0.238 e. The van der Waals surface area contributed by atoms with Crippen molar-refractivity contribution in [1.29, 1.82) is 0 Å². The molecule has 108 valence electrons. The second-order valence-electron chi connectivity index (χ2n) is 5.72. The molecular formula is C15H22N4O. The molecular weight excluding hydrogens is 252 g/mol. The fourth-order valence-corrected chi connectivity index (χ4v) is 2.75. The third kappa shape index (κ3) is 3.49. The first-order valence-corrected chi connectivity index (χ1v) is 7.32. The van der Waals surface area contributed by atoms with E-state index in [1.165, 1.54) is 12.8 Å². The Morgan fingerprint density at radius 1 is 1.25 bits per heavy atom. The van der Waals surface area contributed by atoms with Crippen LogP contribution >= 0.6 is 0 Å². The van der Waals surface area contributed by atoms with Crippen LogP contribution in [-0.4, -0.2) is 54.5 Å². The molecule has 1 aliphatic carbocycles. The van der Waals surface area contributed by atoms with Crippen molar-refractivity contribution in [3.8, 4) is 0 Å². The molecule has 1 aromatic rings. The molecule has 2 fully saturated rings. The van der Waals surface area contributed by atoms with Gasteiger partial charge in [0.15, 0.2) is 0 Å². The molecule has 5 heteroatoms. The highest BCUT2D eigenvalue weighted by Gasteiger charge is 2.31. The highest BCUT2D eigenvalue weighted by Crippen LogP contribution is 2.27. The largest absolute Gasteiger partial charge is 0.399 e. The minimum absolute atomic E-state index is 0.0375. The molecule has 2 aliphatic rings. The lowest BCUT2D eigenvalue weighted by molar-refractivity contribution is -0.117. The van der Waals surface area contributed by atoms with Gasteiger partial charge in [0, 0.05) is 43.6 Å². The predicted octanol–water partition coefficient (Wildman–Crippen LogP) is 0.987. The zero-order valence-corrected chi connectivity index (χ0v) is 11.7. The molecule has 1 heterocycles. The summed E-state index contributed by atoms with van der Waals surface area (Å²) in [5.74, 6) is 0.0375. The molecule has 0 atom stereocenters. The van der Waals surface area contributed by atoms with Crippen molar-refractivity contribution in [3.05, 3.63) is 24.3 Å². The number of hydrogen-bond donors (Lipinski definition) is 2. The van der Waals surface area contributed by atoms with E-state index in [4.69, 9.17) is 5.73 Å². The SMILES string of the molecule is Nc1cccc(NC(=O)CN2CCN(C3CC3)CC2)c1. The van der Waals surface area contributed by atoms with Gasteiger partial charge in [-0.1, -0.05) is 6.07 Å². The second-order valence-corrected chi connectivity index (χ2v) is 5.72. The molecule has 3 rings (SSSR count). The summed E-state index contributed by atoms with van der Waals surface area (Å²) in [7, 11) is 0. The zero-order valence-electron chi connectivity index (χ0n) is 11.7. The number of nitrogens with one attached hydrogen (secondary N) is 1. The van der Waals surface area contributed by atoms with E-state index in [1.54, 1.807) is 6.07 Å². The number of nitrogens with two attached hydrogens (primary N) is 1. The number of carbonyl (C=O) groups is 1. The number of nitrogens with zero attached hydrogens (tertiary/aromatic N) is 2. The maximum atomic E-state index is 12.0. The fourth-order valence-electron chi connectivity index (χ4n) is 2.75. The summed E-state index contributed by atoms with van der Waals surface area (Å²) in [5, 5.41) is 2.90. The summed E-state index contributed by atoms with van der Waals surface area (Å²) in [6.45, 7) is 4.63. The van der Waals surface area contributed by atoms with Gasteiger partial charge in [-0.25, -0.2) is 0 Å². The predicted molar refractivity (Wildman–Crippen MR) is 80.5 cm³/mol. The van der Waals surface area contributed by atoms with E-state index < -0.39 is 0 Å². The topological polar surface area (TPSA) is 61.6 Å². The average molecular weight is 274 g/mol. The Hall–Kier alpha value is -1.59. The van der Waals surface area contributed by atoms with Gasteiger partial charge in [0.2, 0.25) is 5.91 Å². The summed E-state index contributed by atoms with van der Waals surface area (Å²) < 4.78 is 0. The van der Waals surface area contributed by atoms with Gasteiger partial charge in [-0.3, -0.25) is 14.6 Å². The first kappa shape index (κ1) is 13.4. The minimum atomic E-state index is 0.0375. The molecule has 3 N–H and O–H groups in total. The third-order valence-corrected chi connectivity index (χ3v) is 4.01. The monoisotopic (exact) mass is 274 g/mol. The summed E-state index contributed by atoms with van der Waals surface area (Å²) in [5.41, 5.74) is 7.14. The number of amides is 1. The van der Waals surface area contributed by atoms with Crippen molar-refractivity contribution in [2.45, 2.75) is 18.9 Å². The first-order chi connectivity index (χ1) is 9.70. The Labute approximate surface area is 119 Å². The average Bonchev–Trinajstić information content (AvgIpc) is 3.24. The van der Waals surface area contributed by atoms with Gasteiger partial charge in [0.05, 0.1) is 6.54 Å². The van der Waals surface area contributed by atoms with Gasteiger partial charge in [0.1, 0.15) is 0 Å². The van der Waals surface area contributed by atoms with Gasteiger partial charge >= 0.3 is 0 Å². The molecule has 1 amide bonds. The van der Waals surface area contributed by atoms with E-state index >= 15 is 0 Å². The maximum absolute atomic E-state index is 12.0. The summed E-state index contributed by atoms with van der Waals surface area (Å²) in [6.07, 6.45) is 2.71. The second kappa shape index (κ2) is 5.81. The molecule has 5 nitrogen and oxygen atoms in total. The number of piperazine rings is 1. The van der Waals surface area contributed by atoms with Crippen LogP contribution in [0.2, 0.25) is 0 Å². The smallest absolute Gasteiger partial charge is 0.238 e. The molecule has 0 spiro atoms. The number of nitrogen functional groups attached to an aromatic ring is 1. The Morgan fingerprint density at radius 2 is 2.00 bits per heavy atom. The number of hydrogen-bond acceptors (Lipinski definition) is 4. The van der Waals surface area contributed by atoms with E-state index in [1.807, 2.05) is 18.2 Å². The molecule has 1 saturated carbocycles. The van der Waals surface area contributed by atoms with Crippen LogP contribution in [0.5, 0.6) is 0 Å². The van der Waals surface area contributed by atoms with Gasteiger partial charge in [-0.15, -0.1) is 0 Å². The molecule has 1 aliphatic heterocycles. The molecule has 0 aromatic heterocycles. The van der Waals surface area contributed by atoms with Crippen LogP contribution in [-0.2, 0) is 4.79 Å². The number of carbonyl (C=O) groups excluding carboxylic acids is 1. The van der Waals surface area contributed by atoms with Crippen LogP contribution in [0.15, 0.2) is 24.3 Å². The minimum Gasteiger partial charge on any atom is -0.399 e. The summed E-state index contributed by atoms with van der Waals surface area (Å²) in [6, 6.07) is 8.13. The number of rotatable bonds is 4. The lowest BCUT2D eigenvalue weighted by atomic mass is 10.2. The normalized spacial score (nSPS) is 20.8. The highest BCUT2D eigenvalue weighted by molar-refractivity contribution is 5.92. The van der Waals surface area contributed by atoms with Crippen LogP contribution in [0.3, 0.4) is 0 Å². The van der Waals surface area contributed by atoms with E-state index in [9.17, 15) is 4.79 Å². The fraction of sp³-hybridized carbons (Fsp3) is 0.533. The van der Waals surface area contributed by atoms with Crippen molar-refractivity contribution in [1.82, 2.24) is 9.80 Å². The molecule has 0 radical (unpaired) electrons. The highest BCUT2D eigenvalue weighted by atomic mass is 16.2. The Bertz CT molecular complexity index is 479. The van der Waals surface area contributed by atoms with Crippen LogP contribution < -0.4 is 11.1 Å². The lowest BCUT2D eigenvalue weighted by Gasteiger charge is -2.34. The van der Waals surface area contributed by atoms with Crippen LogP contribution in [0.25, 0.3) is 0 Å². The molecule has 0 unspecified atom stereocenters. The summed E-state index contributed by atoms with van der Waals surface area (Å²) in [4.78, 5) is 16.8. The zero-order chi connectivity index (χ0) is 13.9. The van der Waals surface area contributed by atoms with Gasteiger partial charge < -0.3 is 11.1 Å². The van der Waals surface area contributed by atoms with E-state index in [-0.39, 0.29) is 5.91 Å². The van der Waals surface area contributed by atoms with Gasteiger partial charge in [0.25, 0.3) is 0 Å². The third-order valence-electron chi connectivity index (χ3n) is 4.01. The van der Waals surface area contributed by atoms with Gasteiger partial charge in [-0.2, -0.15) is 0 Å². The Balaban J connectivity index is 1.44. The van der Waals surface area contributed by atoms with Crippen molar-refractivity contribution >= 4 is 17.3 Å². The van der Waals surface area contributed by atoms with E-state index in [2.05, 4.69) is 15.1 Å². The molecule has 20 heavy (non-hydrogen) atoms. The Kier molecular flexibility index (Phi) is 3.89. The van der Waals surface area contributed by atoms with Gasteiger partial charge in [-0.05, 0) is 31.0 Å². The lowest BCUT2D eigenvalue weighted by Crippen LogP contribution is -2.49. The van der Waals surface area contributed by atoms with Crippen molar-refractivity contribution in [2.75, 3.05) is 43.8 Å². The van der Waals surface area contributed by atoms with Crippen molar-refractivity contribution in [2.24, 2.45) is 0 Å². The molecule has 0 bridgehead atoms. The number of benzene rings is 1. The quantitative estimate of drug-likeness (QED) is 0.804. The number of anilines is 2. The standard InChI is InChI=1S/C15H22N4O/c16-12-2-1-3-13(10-12)17-15(20)11-18-6-8-19(9-7-18)14-4-5-14/h1-3,10,14H,4-9,11,16H2,(H,17,20). The van der Waals surface area contributed by atoms with E-state index in [0.29, 0.717) is 12.2 Å². The van der Waals surface area contributed by atoms with Crippen molar-refractivity contribution < 1.29 is 4.79 Å². The van der Waals surface area contributed by atoms with Crippen molar-refractivity contribution in [3.63, 3.8) is 0 Å². The first-order valence-electron chi connectivity index (χ1n) is 7.32. The van der Waals surface area contributed by atoms with Crippen LogP contribution in [0.4, 0.5) is 11.4 Å². The van der Waals surface area contributed by atoms with Crippen LogP contribution in [0, 0.1) is 0 Å². The summed E-state index contributed by atoms with van der Waals surface area (Å²) >= 11 is 0. The molecule has 1 saturated heterocycles. The van der Waals surface area contributed by atoms with E-state index in [0.717, 1.165) is 37.9 Å². The Morgan fingerprint density at radius 3 is 2.65 bits per heavy atom. The van der Waals surface area contributed by atoms with Crippen LogP contribution in [0.1, 0.15) is 12.8 Å². The molecule has 1 aromatic carbocycles.